The largest absolute Gasteiger partial charge is 0.329 e. The topological polar surface area (TPSA) is 24.9 Å². The molecule has 0 radical (unpaired) electrons. The Balaban J connectivity index is 1.96. The van der Waals surface area contributed by atoms with E-state index in [0.29, 0.717) is 20.4 Å². The molecule has 0 aliphatic heterocycles. The average Bonchev–Trinajstić information content (AvgIpc) is 2.74. The average molecular weight is 297 g/mol. The molecule has 1 aromatic heterocycles. The van der Waals surface area contributed by atoms with Gasteiger partial charge in [-0.15, -0.1) is 0 Å². The minimum atomic E-state index is -0.460. The molecule has 19 heavy (non-hydrogen) atoms. The van der Waals surface area contributed by atoms with Crippen LogP contribution in [0.15, 0.2) is 36.4 Å². The molecular weight excluding hydrogens is 290 g/mol. The normalized spacial score (nSPS) is 10.9. The van der Waals surface area contributed by atoms with Crippen LogP contribution in [0.4, 0.5) is 19.6 Å². The summed E-state index contributed by atoms with van der Waals surface area (Å²) in [6, 6.07) is 8.66. The monoisotopic (exact) mass is 296 g/mol. The Hall–Kier alpha value is -1.72. The summed E-state index contributed by atoms with van der Waals surface area (Å²) in [5.41, 5.74) is 0.951. The van der Waals surface area contributed by atoms with Gasteiger partial charge in [0.2, 0.25) is 0 Å². The van der Waals surface area contributed by atoms with Crippen molar-refractivity contribution in [3.8, 4) is 0 Å². The van der Waals surface area contributed by atoms with Crippen LogP contribution < -0.4 is 5.32 Å². The van der Waals surface area contributed by atoms with Gasteiger partial charge in [-0.05, 0) is 36.4 Å². The summed E-state index contributed by atoms with van der Waals surface area (Å²) >= 11 is 6.94. The zero-order valence-electron chi connectivity index (χ0n) is 9.45. The van der Waals surface area contributed by atoms with Gasteiger partial charge in [-0.2, -0.15) is 0 Å². The quantitative estimate of drug-likeness (QED) is 0.722. The summed E-state index contributed by atoms with van der Waals surface area (Å²) in [4.78, 5) is 4.25. The van der Waals surface area contributed by atoms with E-state index in [4.69, 9.17) is 11.6 Å². The molecule has 1 heterocycles. The molecule has 6 heteroatoms. The van der Waals surface area contributed by atoms with Crippen molar-refractivity contribution in [2.45, 2.75) is 0 Å². The first-order valence-corrected chi connectivity index (χ1v) is 6.59. The molecule has 0 unspecified atom stereocenters. The van der Waals surface area contributed by atoms with Gasteiger partial charge in [-0.1, -0.05) is 22.9 Å². The van der Waals surface area contributed by atoms with Gasteiger partial charge in [0.05, 0.1) is 15.9 Å². The Kier molecular flexibility index (Phi) is 3.08. The minimum Gasteiger partial charge on any atom is -0.329 e. The van der Waals surface area contributed by atoms with Crippen LogP contribution in [-0.2, 0) is 0 Å². The molecule has 0 saturated carbocycles. The second-order valence-corrected chi connectivity index (χ2v) is 5.35. The van der Waals surface area contributed by atoms with E-state index < -0.39 is 5.82 Å². The zero-order chi connectivity index (χ0) is 13.4. The van der Waals surface area contributed by atoms with Gasteiger partial charge in [0, 0.05) is 5.02 Å². The number of hydrogen-bond donors (Lipinski definition) is 1. The first-order valence-electron chi connectivity index (χ1n) is 5.40. The highest BCUT2D eigenvalue weighted by molar-refractivity contribution is 7.22. The van der Waals surface area contributed by atoms with Crippen molar-refractivity contribution < 1.29 is 8.78 Å². The summed E-state index contributed by atoms with van der Waals surface area (Å²) in [6.45, 7) is 0. The minimum absolute atomic E-state index is 0.281. The van der Waals surface area contributed by atoms with Crippen LogP contribution in [0.1, 0.15) is 0 Å². The first-order chi connectivity index (χ1) is 9.11. The van der Waals surface area contributed by atoms with Gasteiger partial charge < -0.3 is 5.32 Å². The van der Waals surface area contributed by atoms with Crippen LogP contribution in [0.5, 0.6) is 0 Å². The lowest BCUT2D eigenvalue weighted by atomic mass is 10.3. The number of thiazole rings is 1. The lowest BCUT2D eigenvalue weighted by molar-refractivity contribution is 0.630. The van der Waals surface area contributed by atoms with Crippen LogP contribution in [0, 0.1) is 11.6 Å². The van der Waals surface area contributed by atoms with E-state index in [2.05, 4.69) is 10.3 Å². The van der Waals surface area contributed by atoms with E-state index in [1.165, 1.54) is 35.6 Å². The van der Waals surface area contributed by atoms with Crippen LogP contribution in [0.2, 0.25) is 5.02 Å². The fourth-order valence-corrected chi connectivity index (χ4v) is 2.72. The van der Waals surface area contributed by atoms with E-state index >= 15 is 0 Å². The molecule has 0 aliphatic carbocycles. The lowest BCUT2D eigenvalue weighted by Crippen LogP contribution is -1.92. The summed E-state index contributed by atoms with van der Waals surface area (Å²) in [7, 11) is 0. The van der Waals surface area contributed by atoms with Crippen LogP contribution >= 0.6 is 22.9 Å². The predicted octanol–water partition coefficient (Wildman–Crippen LogP) is 4.97. The number of nitrogens with zero attached hydrogens (tertiary/aromatic N) is 1. The van der Waals surface area contributed by atoms with Gasteiger partial charge >= 0.3 is 0 Å². The number of fused-ring (bicyclic) bond motifs is 1. The highest BCUT2D eigenvalue weighted by atomic mass is 35.5. The fourth-order valence-electron chi connectivity index (χ4n) is 1.66. The van der Waals surface area contributed by atoms with Crippen LogP contribution in [0.3, 0.4) is 0 Å². The molecule has 1 N–H and O–H groups in total. The third kappa shape index (κ3) is 2.52. The van der Waals surface area contributed by atoms with E-state index in [9.17, 15) is 8.78 Å². The molecule has 0 fully saturated rings. The number of hydrogen-bond acceptors (Lipinski definition) is 3. The second-order valence-electron chi connectivity index (χ2n) is 3.88. The summed E-state index contributed by atoms with van der Waals surface area (Å²) in [5, 5.41) is 3.69. The van der Waals surface area contributed by atoms with Gasteiger partial charge in [0.1, 0.15) is 11.6 Å². The van der Waals surface area contributed by atoms with E-state index in [1.54, 1.807) is 12.1 Å². The Labute approximate surface area is 116 Å². The number of rotatable bonds is 2. The molecule has 96 valence electrons. The summed E-state index contributed by atoms with van der Waals surface area (Å²) in [5.74, 6) is -0.779. The third-order valence-electron chi connectivity index (χ3n) is 2.52. The number of halogens is 3. The number of benzene rings is 2. The zero-order valence-corrected chi connectivity index (χ0v) is 11.0. The number of aromatic nitrogens is 1. The van der Waals surface area contributed by atoms with Gasteiger partial charge in [0.25, 0.3) is 0 Å². The lowest BCUT2D eigenvalue weighted by Gasteiger charge is -2.03. The smallest absolute Gasteiger partial charge is 0.188 e. The van der Waals surface area contributed by atoms with Crippen LogP contribution in [-0.4, -0.2) is 4.98 Å². The predicted molar refractivity (Wildman–Crippen MR) is 74.3 cm³/mol. The molecule has 2 nitrogen and oxygen atoms in total. The second kappa shape index (κ2) is 4.75. The van der Waals surface area contributed by atoms with Crippen molar-refractivity contribution in [1.82, 2.24) is 4.98 Å². The Morgan fingerprint density at radius 3 is 2.74 bits per heavy atom. The molecule has 2 aromatic carbocycles. The van der Waals surface area contributed by atoms with Crippen molar-refractivity contribution in [3.05, 3.63) is 53.1 Å². The molecular formula is C13H7ClF2N2S. The van der Waals surface area contributed by atoms with Crippen molar-refractivity contribution >= 4 is 44.0 Å². The standard InChI is InChI=1S/C13H7ClF2N2S/c14-7-1-3-10(9(16)5-7)17-13-18-11-4-2-8(15)6-12(11)19-13/h1-6H,(H,17,18). The van der Waals surface area contributed by atoms with Crippen molar-refractivity contribution in [1.29, 1.82) is 0 Å². The molecule has 3 rings (SSSR count). The molecule has 0 saturated heterocycles. The van der Waals surface area contributed by atoms with E-state index in [1.807, 2.05) is 0 Å². The summed E-state index contributed by atoms with van der Waals surface area (Å²) < 4.78 is 27.4. The maximum Gasteiger partial charge on any atom is 0.188 e. The van der Waals surface area contributed by atoms with E-state index in [0.717, 1.165) is 0 Å². The number of anilines is 2. The van der Waals surface area contributed by atoms with E-state index in [-0.39, 0.29) is 11.5 Å². The SMILES string of the molecule is Fc1ccc2nc(Nc3ccc(Cl)cc3F)sc2c1. The fraction of sp³-hybridized carbons (Fsp3) is 0. The Morgan fingerprint density at radius 2 is 1.95 bits per heavy atom. The van der Waals surface area contributed by atoms with Gasteiger partial charge in [-0.3, -0.25) is 0 Å². The molecule has 0 atom stereocenters. The van der Waals surface area contributed by atoms with Crippen molar-refractivity contribution in [2.24, 2.45) is 0 Å². The highest BCUT2D eigenvalue weighted by Gasteiger charge is 2.08. The van der Waals surface area contributed by atoms with Crippen molar-refractivity contribution in [2.75, 3.05) is 5.32 Å². The maximum absolute atomic E-state index is 13.6. The molecule has 0 bridgehead atoms. The molecule has 0 aliphatic rings. The van der Waals surface area contributed by atoms with Gasteiger partial charge in [-0.25, -0.2) is 13.8 Å². The summed E-state index contributed by atoms with van der Waals surface area (Å²) in [6.07, 6.45) is 0. The highest BCUT2D eigenvalue weighted by Crippen LogP contribution is 2.30. The van der Waals surface area contributed by atoms with Crippen LogP contribution in [0.25, 0.3) is 10.2 Å². The molecule has 0 spiro atoms. The molecule has 0 amide bonds. The van der Waals surface area contributed by atoms with Gasteiger partial charge in [0.15, 0.2) is 5.13 Å². The number of nitrogens with one attached hydrogen (secondary N) is 1. The molecule has 3 aromatic rings. The van der Waals surface area contributed by atoms with Crippen molar-refractivity contribution in [3.63, 3.8) is 0 Å². The third-order valence-corrected chi connectivity index (χ3v) is 3.69. The Bertz CT molecular complexity index is 757. The Morgan fingerprint density at radius 1 is 1.11 bits per heavy atom. The maximum atomic E-state index is 13.6. The first kappa shape index (κ1) is 12.3.